The number of anilines is 1. The number of rotatable bonds is 20. The quantitative estimate of drug-likeness (QED) is 0.100. The normalized spacial score (nSPS) is 18.2. The van der Waals surface area contributed by atoms with Crippen molar-refractivity contribution in [3.8, 4) is 0 Å². The Labute approximate surface area is 324 Å². The Balaban J connectivity index is 1.16. The lowest BCUT2D eigenvalue weighted by molar-refractivity contribution is -0.154. The number of ether oxygens (including phenoxy) is 1. The van der Waals surface area contributed by atoms with Crippen molar-refractivity contribution in [1.82, 2.24) is 15.5 Å². The van der Waals surface area contributed by atoms with Gasteiger partial charge in [-0.05, 0) is 75.1 Å². The fourth-order valence-corrected chi connectivity index (χ4v) is 8.54. The molecular weight excluding hydrogens is 705 g/mol. The number of esters is 1. The van der Waals surface area contributed by atoms with E-state index in [2.05, 4.69) is 44.4 Å². The van der Waals surface area contributed by atoms with Gasteiger partial charge in [0.25, 0.3) is 0 Å². The highest BCUT2D eigenvalue weighted by Crippen LogP contribution is 2.36. The SMILES string of the molecule is C=NC(=O)N=CC1CCS[C@H]1CCCCC(=O)NCCNC(=O)CCCOC(=O)C1(N(C(=O)CC)c2ccccc2)CCN(CCc2ccccc2)CC1. The molecule has 5 amide bonds. The first-order chi connectivity index (χ1) is 26.3. The molecule has 0 spiro atoms. The highest BCUT2D eigenvalue weighted by atomic mass is 32.2. The summed E-state index contributed by atoms with van der Waals surface area (Å²) in [5, 5.41) is 6.06. The van der Waals surface area contributed by atoms with Crippen molar-refractivity contribution in [1.29, 1.82) is 0 Å². The van der Waals surface area contributed by atoms with E-state index in [1.807, 2.05) is 60.3 Å². The highest BCUT2D eigenvalue weighted by Gasteiger charge is 2.50. The van der Waals surface area contributed by atoms with Gasteiger partial charge in [-0.15, -0.1) is 0 Å². The fraction of sp³-hybridized carbons (Fsp3) is 0.537. The Hall–Kier alpha value is -4.36. The second kappa shape index (κ2) is 22.8. The van der Waals surface area contributed by atoms with Crippen molar-refractivity contribution in [2.75, 3.05) is 50.0 Å². The standard InChI is InChI=1S/C41H56N6O6S/c1-3-38(50)47(34-15-8-5-9-16-34)41(22-27-46(28-23-41)26-20-32-13-6-4-7-14-32)39(51)53-29-12-19-37(49)44-25-24-43-36(48)18-11-10-17-35-33(21-30-54-35)31-45-40(52)42-2/h4-9,13-16,31,33,35H,2-3,10-12,17-30H2,1H3,(H,43,48)(H,44,49)/t33?,35-/m0/s1. The van der Waals surface area contributed by atoms with Crippen molar-refractivity contribution in [2.45, 2.75) is 88.3 Å². The summed E-state index contributed by atoms with van der Waals surface area (Å²) in [6.45, 7) is 7.85. The van der Waals surface area contributed by atoms with Crippen LogP contribution >= 0.6 is 11.8 Å². The van der Waals surface area contributed by atoms with Gasteiger partial charge in [-0.2, -0.15) is 11.8 Å². The zero-order valence-electron chi connectivity index (χ0n) is 31.6. The summed E-state index contributed by atoms with van der Waals surface area (Å²) < 4.78 is 5.85. The summed E-state index contributed by atoms with van der Waals surface area (Å²) in [5.74, 6) is 0.445. The van der Waals surface area contributed by atoms with Crippen LogP contribution in [0.4, 0.5) is 10.5 Å². The van der Waals surface area contributed by atoms with Crippen LogP contribution in [0.2, 0.25) is 0 Å². The van der Waals surface area contributed by atoms with Crippen molar-refractivity contribution in [3.05, 3.63) is 66.2 Å². The smallest absolute Gasteiger partial charge is 0.366 e. The molecule has 2 aliphatic heterocycles. The Morgan fingerprint density at radius 2 is 1.59 bits per heavy atom. The van der Waals surface area contributed by atoms with E-state index in [0.29, 0.717) is 62.8 Å². The zero-order chi connectivity index (χ0) is 38.6. The average molecular weight is 761 g/mol. The highest BCUT2D eigenvalue weighted by molar-refractivity contribution is 8.00. The molecule has 2 atom stereocenters. The number of piperidine rings is 1. The lowest BCUT2D eigenvalue weighted by Gasteiger charge is -2.46. The second-order valence-electron chi connectivity index (χ2n) is 13.8. The third kappa shape index (κ3) is 13.2. The molecule has 0 aromatic heterocycles. The number of carbonyl (C=O) groups excluding carboxylic acids is 5. The van der Waals surface area contributed by atoms with E-state index in [0.717, 1.165) is 44.4 Å². The number of hydrogen-bond donors (Lipinski definition) is 2. The number of amides is 5. The molecule has 12 nitrogen and oxygen atoms in total. The van der Waals surface area contributed by atoms with E-state index < -0.39 is 17.5 Å². The largest absolute Gasteiger partial charge is 0.464 e. The van der Waals surface area contributed by atoms with Crippen LogP contribution in [0.3, 0.4) is 0 Å². The van der Waals surface area contributed by atoms with Gasteiger partial charge < -0.3 is 20.3 Å². The summed E-state index contributed by atoms with van der Waals surface area (Å²) in [6.07, 6.45) is 8.24. The topological polar surface area (TPSA) is 150 Å². The first-order valence-electron chi connectivity index (χ1n) is 19.3. The summed E-state index contributed by atoms with van der Waals surface area (Å²) in [6, 6.07) is 19.1. The molecule has 0 saturated carbocycles. The van der Waals surface area contributed by atoms with Gasteiger partial charge in [-0.1, -0.05) is 61.9 Å². The third-order valence-electron chi connectivity index (χ3n) is 10.1. The maximum absolute atomic E-state index is 14.0. The van der Waals surface area contributed by atoms with Crippen molar-refractivity contribution >= 4 is 60.1 Å². The summed E-state index contributed by atoms with van der Waals surface area (Å²) in [7, 11) is 0. The van der Waals surface area contributed by atoms with Gasteiger partial charge in [0.1, 0.15) is 5.54 Å². The van der Waals surface area contributed by atoms with E-state index in [4.69, 9.17) is 4.74 Å². The van der Waals surface area contributed by atoms with Gasteiger partial charge in [0.2, 0.25) is 17.7 Å². The van der Waals surface area contributed by atoms with Crippen molar-refractivity contribution in [3.63, 3.8) is 0 Å². The zero-order valence-corrected chi connectivity index (χ0v) is 32.4. The van der Waals surface area contributed by atoms with Crippen LogP contribution in [0.1, 0.15) is 76.7 Å². The number of unbranched alkanes of at least 4 members (excludes halogenated alkanes) is 1. The molecule has 4 rings (SSSR count). The first kappa shape index (κ1) is 42.4. The molecule has 2 aromatic rings. The predicted octanol–water partition coefficient (Wildman–Crippen LogP) is 5.64. The van der Waals surface area contributed by atoms with Gasteiger partial charge >= 0.3 is 12.0 Å². The maximum atomic E-state index is 14.0. The van der Waals surface area contributed by atoms with E-state index in [-0.39, 0.29) is 43.1 Å². The number of benzene rings is 2. The Kier molecular flexibility index (Phi) is 17.9. The van der Waals surface area contributed by atoms with E-state index in [9.17, 15) is 24.0 Å². The fourth-order valence-electron chi connectivity index (χ4n) is 7.04. The number of thioether (sulfide) groups is 1. The van der Waals surface area contributed by atoms with Crippen LogP contribution in [-0.4, -0.2) is 103 Å². The van der Waals surface area contributed by atoms with Crippen LogP contribution in [0.5, 0.6) is 0 Å². The monoisotopic (exact) mass is 760 g/mol. The second-order valence-corrected chi connectivity index (χ2v) is 15.1. The van der Waals surface area contributed by atoms with Gasteiger partial charge in [0.05, 0.1) is 6.61 Å². The van der Waals surface area contributed by atoms with E-state index in [1.54, 1.807) is 18.0 Å². The van der Waals surface area contributed by atoms with E-state index in [1.165, 1.54) is 5.56 Å². The van der Waals surface area contributed by atoms with Crippen LogP contribution in [0, 0.1) is 5.92 Å². The minimum atomic E-state index is -1.14. The molecule has 2 aliphatic rings. The van der Waals surface area contributed by atoms with Crippen LogP contribution in [-0.2, 0) is 30.3 Å². The Bertz CT molecular complexity index is 1550. The number of likely N-dealkylation sites (tertiary alicyclic amines) is 1. The molecule has 54 heavy (non-hydrogen) atoms. The number of nitrogens with one attached hydrogen (secondary N) is 2. The van der Waals surface area contributed by atoms with Crippen LogP contribution in [0.25, 0.3) is 0 Å². The number of para-hydroxylation sites is 1. The summed E-state index contributed by atoms with van der Waals surface area (Å²) in [4.78, 5) is 74.7. The number of aliphatic imine (C=N–C) groups is 2. The lowest BCUT2D eigenvalue weighted by Crippen LogP contribution is -2.63. The predicted molar refractivity (Wildman–Crippen MR) is 215 cm³/mol. The summed E-state index contributed by atoms with van der Waals surface area (Å²) >= 11 is 1.88. The molecule has 292 valence electrons. The molecule has 0 aliphatic carbocycles. The number of carbonyl (C=O) groups is 5. The van der Waals surface area contributed by atoms with Gasteiger partial charge in [-0.25, -0.2) is 19.6 Å². The summed E-state index contributed by atoms with van der Waals surface area (Å²) in [5.41, 5.74) is 0.789. The third-order valence-corrected chi connectivity index (χ3v) is 11.6. The van der Waals surface area contributed by atoms with Crippen LogP contribution in [0.15, 0.2) is 70.6 Å². The van der Waals surface area contributed by atoms with Gasteiger partial charge in [0.15, 0.2) is 0 Å². The minimum absolute atomic E-state index is 0.0574. The minimum Gasteiger partial charge on any atom is -0.464 e. The first-order valence-corrected chi connectivity index (χ1v) is 20.3. The van der Waals surface area contributed by atoms with Crippen molar-refractivity contribution in [2.24, 2.45) is 15.9 Å². The van der Waals surface area contributed by atoms with Gasteiger partial charge in [0, 0.05) is 75.1 Å². The maximum Gasteiger partial charge on any atom is 0.366 e. The molecule has 2 heterocycles. The lowest BCUT2D eigenvalue weighted by atomic mass is 9.84. The molecule has 0 bridgehead atoms. The molecule has 0 radical (unpaired) electrons. The molecule has 2 saturated heterocycles. The molecule has 2 N–H and O–H groups in total. The molecule has 2 fully saturated rings. The number of urea groups is 1. The van der Waals surface area contributed by atoms with Gasteiger partial charge in [-0.3, -0.25) is 19.3 Å². The molecule has 13 heteroatoms. The molecular formula is C41H56N6O6S. The molecule has 2 aromatic carbocycles. The number of hydrogen-bond acceptors (Lipinski definition) is 8. The van der Waals surface area contributed by atoms with Crippen molar-refractivity contribution < 1.29 is 28.7 Å². The van der Waals surface area contributed by atoms with Crippen LogP contribution < -0.4 is 15.5 Å². The average Bonchev–Trinajstić information content (AvgIpc) is 3.66. The number of nitrogens with zero attached hydrogens (tertiary/aromatic N) is 4. The molecule has 1 unspecified atom stereocenters. The Morgan fingerprint density at radius 3 is 2.24 bits per heavy atom. The Morgan fingerprint density at radius 1 is 0.944 bits per heavy atom. The van der Waals surface area contributed by atoms with E-state index >= 15 is 0 Å².